The largest absolute Gasteiger partial charge is 0.508 e. The number of phenolic OH excluding ortho intramolecular Hbond substituents is 1. The quantitative estimate of drug-likeness (QED) is 0.798. The lowest BCUT2D eigenvalue weighted by molar-refractivity contribution is 0.0691. The predicted molar refractivity (Wildman–Crippen MR) is 75.5 cm³/mol. The number of aromatic carboxylic acids is 1. The number of carbonyl (C=O) groups is 1. The highest BCUT2D eigenvalue weighted by molar-refractivity contribution is 5.90. The molecule has 3 N–H and O–H groups in total. The second-order valence-electron chi connectivity index (χ2n) is 4.29. The summed E-state index contributed by atoms with van der Waals surface area (Å²) in [5.74, 6) is -1.23. The number of rotatable bonds is 4. The Kier molecular flexibility index (Phi) is 4.17. The van der Waals surface area contributed by atoms with E-state index in [9.17, 15) is 15.0 Å². The summed E-state index contributed by atoms with van der Waals surface area (Å²) < 4.78 is 0. The van der Waals surface area contributed by atoms with E-state index >= 15 is 0 Å². The lowest BCUT2D eigenvalue weighted by Gasteiger charge is -2.10. The molecule has 0 fully saturated rings. The molecular weight excluding hydrogens is 256 g/mol. The minimum Gasteiger partial charge on any atom is -0.508 e. The molecule has 2 aromatic rings. The topological polar surface area (TPSA) is 77.8 Å². The average Bonchev–Trinajstić information content (AvgIpc) is 2.45. The van der Waals surface area contributed by atoms with Crippen molar-refractivity contribution in [2.75, 3.05) is 0 Å². The number of carboxylic acid groups (broad SMARTS) is 1. The first-order valence-electron chi connectivity index (χ1n) is 6.05. The van der Waals surface area contributed by atoms with Crippen molar-refractivity contribution in [2.24, 2.45) is 0 Å². The second-order valence-corrected chi connectivity index (χ2v) is 4.29. The fourth-order valence-electron chi connectivity index (χ4n) is 1.86. The molecule has 0 saturated heterocycles. The van der Waals surface area contributed by atoms with Crippen LogP contribution in [0.1, 0.15) is 27.6 Å². The summed E-state index contributed by atoms with van der Waals surface area (Å²) in [5, 5.41) is 28.6. The molecule has 4 nitrogen and oxygen atoms in total. The molecule has 1 unspecified atom stereocenters. The van der Waals surface area contributed by atoms with Crippen LogP contribution in [0.3, 0.4) is 0 Å². The van der Waals surface area contributed by atoms with Gasteiger partial charge < -0.3 is 15.3 Å². The molecule has 1 atom stereocenters. The summed E-state index contributed by atoms with van der Waals surface area (Å²) >= 11 is 0. The zero-order chi connectivity index (χ0) is 14.5. The Bertz CT molecular complexity index is 632. The highest BCUT2D eigenvalue weighted by Crippen LogP contribution is 2.24. The molecule has 0 saturated carbocycles. The monoisotopic (exact) mass is 270 g/mol. The maximum absolute atomic E-state index is 11.1. The molecule has 20 heavy (non-hydrogen) atoms. The SMILES string of the molecule is O=C(O)c1ccc(O)cc1C(O)C=Cc1ccccc1. The molecular formula is C16H14O4. The van der Waals surface area contributed by atoms with Crippen molar-refractivity contribution >= 4 is 12.0 Å². The standard InChI is InChI=1S/C16H14O4/c17-12-7-8-13(16(19)20)14(10-12)15(18)9-6-11-4-2-1-3-5-11/h1-10,15,17-18H,(H,19,20). The second kappa shape index (κ2) is 6.04. The van der Waals surface area contributed by atoms with Gasteiger partial charge in [-0.15, -0.1) is 0 Å². The van der Waals surface area contributed by atoms with E-state index in [2.05, 4.69) is 0 Å². The zero-order valence-corrected chi connectivity index (χ0v) is 10.6. The number of aliphatic hydroxyl groups is 1. The van der Waals surface area contributed by atoms with Gasteiger partial charge in [0.15, 0.2) is 0 Å². The van der Waals surface area contributed by atoms with Gasteiger partial charge in [0, 0.05) is 5.56 Å². The van der Waals surface area contributed by atoms with Gasteiger partial charge >= 0.3 is 5.97 Å². The van der Waals surface area contributed by atoms with Crippen LogP contribution in [0.2, 0.25) is 0 Å². The van der Waals surface area contributed by atoms with Crippen molar-refractivity contribution in [1.29, 1.82) is 0 Å². The van der Waals surface area contributed by atoms with Gasteiger partial charge in [0.1, 0.15) is 5.75 Å². The molecule has 0 aromatic heterocycles. The highest BCUT2D eigenvalue weighted by Gasteiger charge is 2.15. The predicted octanol–water partition coefficient (Wildman–Crippen LogP) is 2.84. The third-order valence-electron chi connectivity index (χ3n) is 2.85. The first kappa shape index (κ1) is 13.8. The van der Waals surface area contributed by atoms with E-state index in [1.54, 1.807) is 6.08 Å². The van der Waals surface area contributed by atoms with Crippen molar-refractivity contribution in [1.82, 2.24) is 0 Å². The zero-order valence-electron chi connectivity index (χ0n) is 10.6. The third kappa shape index (κ3) is 3.24. The average molecular weight is 270 g/mol. The summed E-state index contributed by atoms with van der Waals surface area (Å²) in [6.45, 7) is 0. The number of carboxylic acids is 1. The molecule has 102 valence electrons. The maximum Gasteiger partial charge on any atom is 0.336 e. The number of hydrogen-bond donors (Lipinski definition) is 3. The van der Waals surface area contributed by atoms with Crippen LogP contribution in [0.25, 0.3) is 6.08 Å². The Labute approximate surface area is 116 Å². The summed E-state index contributed by atoms with van der Waals surface area (Å²) in [5.41, 5.74) is 1.02. The number of aromatic hydroxyl groups is 1. The van der Waals surface area contributed by atoms with E-state index in [4.69, 9.17) is 5.11 Å². The Morgan fingerprint density at radius 3 is 2.45 bits per heavy atom. The van der Waals surface area contributed by atoms with Gasteiger partial charge in [-0.3, -0.25) is 0 Å². The molecule has 0 radical (unpaired) electrons. The Balaban J connectivity index is 2.29. The molecule has 0 bridgehead atoms. The molecule has 0 aliphatic heterocycles. The van der Waals surface area contributed by atoms with E-state index in [1.165, 1.54) is 24.3 Å². The van der Waals surface area contributed by atoms with Crippen LogP contribution in [0.15, 0.2) is 54.6 Å². The normalized spacial score (nSPS) is 12.4. The van der Waals surface area contributed by atoms with Crippen LogP contribution in [0.4, 0.5) is 0 Å². The van der Waals surface area contributed by atoms with Gasteiger partial charge in [0.2, 0.25) is 0 Å². The van der Waals surface area contributed by atoms with Crippen LogP contribution in [0.5, 0.6) is 5.75 Å². The molecule has 0 amide bonds. The molecule has 2 rings (SSSR count). The molecule has 2 aromatic carbocycles. The van der Waals surface area contributed by atoms with Gasteiger partial charge in [0.25, 0.3) is 0 Å². The maximum atomic E-state index is 11.1. The van der Waals surface area contributed by atoms with Crippen molar-refractivity contribution < 1.29 is 20.1 Å². The van der Waals surface area contributed by atoms with Gasteiger partial charge in [0.05, 0.1) is 11.7 Å². The summed E-state index contributed by atoms with van der Waals surface area (Å²) in [6.07, 6.45) is 2.07. The van der Waals surface area contributed by atoms with Crippen molar-refractivity contribution in [3.63, 3.8) is 0 Å². The molecule has 0 heterocycles. The molecule has 0 spiro atoms. The lowest BCUT2D eigenvalue weighted by atomic mass is 10.0. The minimum absolute atomic E-state index is 0.0342. The number of benzene rings is 2. The highest BCUT2D eigenvalue weighted by atomic mass is 16.4. The van der Waals surface area contributed by atoms with E-state index in [-0.39, 0.29) is 16.9 Å². The van der Waals surface area contributed by atoms with Crippen LogP contribution < -0.4 is 0 Å². The van der Waals surface area contributed by atoms with Crippen LogP contribution in [-0.4, -0.2) is 21.3 Å². The van der Waals surface area contributed by atoms with Crippen LogP contribution in [0, 0.1) is 0 Å². The van der Waals surface area contributed by atoms with Crippen molar-refractivity contribution in [3.05, 3.63) is 71.3 Å². The van der Waals surface area contributed by atoms with Gasteiger partial charge in [-0.05, 0) is 23.8 Å². The van der Waals surface area contributed by atoms with E-state index in [0.29, 0.717) is 0 Å². The van der Waals surface area contributed by atoms with Crippen molar-refractivity contribution in [2.45, 2.75) is 6.10 Å². The molecule has 0 aliphatic rings. The number of hydrogen-bond acceptors (Lipinski definition) is 3. The minimum atomic E-state index is -1.15. The van der Waals surface area contributed by atoms with Crippen molar-refractivity contribution in [3.8, 4) is 5.75 Å². The summed E-state index contributed by atoms with van der Waals surface area (Å²) in [4.78, 5) is 11.1. The van der Waals surface area contributed by atoms with Crippen LogP contribution in [-0.2, 0) is 0 Å². The fraction of sp³-hybridized carbons (Fsp3) is 0.0625. The van der Waals surface area contributed by atoms with E-state index in [1.807, 2.05) is 30.3 Å². The lowest BCUT2D eigenvalue weighted by Crippen LogP contribution is -2.05. The Morgan fingerprint density at radius 1 is 1.10 bits per heavy atom. The van der Waals surface area contributed by atoms with E-state index < -0.39 is 12.1 Å². The summed E-state index contributed by atoms with van der Waals surface area (Å²) in [6, 6.07) is 13.1. The summed E-state index contributed by atoms with van der Waals surface area (Å²) in [7, 11) is 0. The van der Waals surface area contributed by atoms with Gasteiger partial charge in [-0.1, -0.05) is 42.5 Å². The third-order valence-corrected chi connectivity index (χ3v) is 2.85. The van der Waals surface area contributed by atoms with Gasteiger partial charge in [-0.2, -0.15) is 0 Å². The van der Waals surface area contributed by atoms with Crippen LogP contribution >= 0.6 is 0 Å². The molecule has 0 aliphatic carbocycles. The first-order valence-corrected chi connectivity index (χ1v) is 6.05. The Hall–Kier alpha value is -2.59. The van der Waals surface area contributed by atoms with Gasteiger partial charge in [-0.25, -0.2) is 4.79 Å². The van der Waals surface area contributed by atoms with E-state index in [0.717, 1.165) is 5.56 Å². The molecule has 4 heteroatoms. The smallest absolute Gasteiger partial charge is 0.336 e. The Morgan fingerprint density at radius 2 is 1.80 bits per heavy atom. The first-order chi connectivity index (χ1) is 9.58. The number of phenols is 1. The fourth-order valence-corrected chi connectivity index (χ4v) is 1.86. The number of aliphatic hydroxyl groups excluding tert-OH is 1.